The zero-order valence-corrected chi connectivity index (χ0v) is 12.6. The van der Waals surface area contributed by atoms with Gasteiger partial charge >= 0.3 is 0 Å². The summed E-state index contributed by atoms with van der Waals surface area (Å²) < 4.78 is 27.0. The number of rotatable bonds is 4. The highest BCUT2D eigenvalue weighted by molar-refractivity contribution is 7.88. The molecule has 2 unspecified atom stereocenters. The third-order valence-electron chi connectivity index (χ3n) is 3.32. The van der Waals surface area contributed by atoms with Crippen molar-refractivity contribution in [2.24, 2.45) is 5.92 Å². The van der Waals surface area contributed by atoms with Gasteiger partial charge in [0.2, 0.25) is 10.0 Å². The van der Waals surface area contributed by atoms with Crippen molar-refractivity contribution in [1.29, 1.82) is 0 Å². The normalized spacial score (nSPS) is 23.6. The largest absolute Gasteiger partial charge is 0.316 e. The molecule has 0 radical (unpaired) electrons. The van der Waals surface area contributed by atoms with Gasteiger partial charge in [0.05, 0.1) is 5.75 Å². The smallest absolute Gasteiger partial charge is 0.216 e. The van der Waals surface area contributed by atoms with Crippen molar-refractivity contribution < 1.29 is 8.42 Å². The standard InChI is InChI=1S/C13H20N2O2S.ClH/c1-11-9-14-8-7-13(11)15-18(16,17)10-12-5-3-2-4-6-12;/h2-6,11,13-15H,7-10H2,1H3;1H. The second kappa shape index (κ2) is 7.24. The van der Waals surface area contributed by atoms with Crippen molar-refractivity contribution in [3.8, 4) is 0 Å². The fraction of sp³-hybridized carbons (Fsp3) is 0.538. The molecule has 2 rings (SSSR count). The van der Waals surface area contributed by atoms with Gasteiger partial charge in [-0.25, -0.2) is 13.1 Å². The van der Waals surface area contributed by atoms with Crippen LogP contribution in [0, 0.1) is 5.92 Å². The number of halogens is 1. The third-order valence-corrected chi connectivity index (χ3v) is 4.69. The van der Waals surface area contributed by atoms with E-state index in [-0.39, 0.29) is 24.2 Å². The molecule has 1 aromatic rings. The van der Waals surface area contributed by atoms with Crippen LogP contribution in [0.2, 0.25) is 0 Å². The van der Waals surface area contributed by atoms with Gasteiger partial charge in [0.15, 0.2) is 0 Å². The van der Waals surface area contributed by atoms with E-state index in [0.29, 0.717) is 5.92 Å². The van der Waals surface area contributed by atoms with Crippen LogP contribution in [0.25, 0.3) is 0 Å². The Kier molecular flexibility index (Phi) is 6.26. The Balaban J connectivity index is 0.00000180. The van der Waals surface area contributed by atoms with Crippen molar-refractivity contribution >= 4 is 22.4 Å². The van der Waals surface area contributed by atoms with Gasteiger partial charge < -0.3 is 5.32 Å². The minimum Gasteiger partial charge on any atom is -0.316 e. The molecule has 1 saturated heterocycles. The second-order valence-electron chi connectivity index (χ2n) is 4.94. The topological polar surface area (TPSA) is 58.2 Å². The second-order valence-corrected chi connectivity index (χ2v) is 6.69. The van der Waals surface area contributed by atoms with Crippen molar-refractivity contribution in [1.82, 2.24) is 10.0 Å². The molecule has 0 saturated carbocycles. The summed E-state index contributed by atoms with van der Waals surface area (Å²) in [7, 11) is -3.24. The van der Waals surface area contributed by atoms with E-state index in [1.54, 1.807) is 0 Å². The number of benzene rings is 1. The maximum Gasteiger partial charge on any atom is 0.216 e. The molecule has 6 heteroatoms. The Labute approximate surface area is 121 Å². The molecule has 1 aliphatic heterocycles. The van der Waals surface area contributed by atoms with Gasteiger partial charge in [0, 0.05) is 6.04 Å². The van der Waals surface area contributed by atoms with E-state index >= 15 is 0 Å². The number of sulfonamides is 1. The van der Waals surface area contributed by atoms with Crippen LogP contribution < -0.4 is 10.0 Å². The highest BCUT2D eigenvalue weighted by atomic mass is 35.5. The van der Waals surface area contributed by atoms with Crippen LogP contribution in [0.3, 0.4) is 0 Å². The van der Waals surface area contributed by atoms with E-state index in [4.69, 9.17) is 0 Å². The molecule has 1 heterocycles. The van der Waals surface area contributed by atoms with Crippen molar-refractivity contribution in [2.45, 2.75) is 25.1 Å². The predicted molar refractivity (Wildman–Crippen MR) is 79.9 cm³/mol. The van der Waals surface area contributed by atoms with E-state index in [9.17, 15) is 8.42 Å². The van der Waals surface area contributed by atoms with Crippen molar-refractivity contribution in [3.05, 3.63) is 35.9 Å². The van der Waals surface area contributed by atoms with Gasteiger partial charge in [-0.05, 0) is 31.0 Å². The molecule has 2 atom stereocenters. The molecule has 4 nitrogen and oxygen atoms in total. The summed E-state index contributed by atoms with van der Waals surface area (Å²) in [6.07, 6.45) is 0.856. The molecule has 0 aliphatic carbocycles. The minimum atomic E-state index is -3.24. The Hall–Kier alpha value is -0.620. The average molecular weight is 305 g/mol. The molecule has 1 aliphatic rings. The van der Waals surface area contributed by atoms with Gasteiger partial charge in [-0.2, -0.15) is 0 Å². The van der Waals surface area contributed by atoms with Gasteiger partial charge in [0.25, 0.3) is 0 Å². The lowest BCUT2D eigenvalue weighted by Gasteiger charge is -2.29. The lowest BCUT2D eigenvalue weighted by Crippen LogP contribution is -2.48. The van der Waals surface area contributed by atoms with Crippen molar-refractivity contribution in [3.63, 3.8) is 0 Å². The summed E-state index contributed by atoms with van der Waals surface area (Å²) in [5, 5.41) is 3.27. The molecule has 0 bridgehead atoms. The summed E-state index contributed by atoms with van der Waals surface area (Å²) in [5.41, 5.74) is 0.826. The van der Waals surface area contributed by atoms with E-state index in [1.165, 1.54) is 0 Å². The molecular formula is C13H21ClN2O2S. The third kappa shape index (κ3) is 5.10. The first-order valence-electron chi connectivity index (χ1n) is 6.31. The fourth-order valence-electron chi connectivity index (χ4n) is 2.26. The lowest BCUT2D eigenvalue weighted by atomic mass is 9.97. The number of piperidine rings is 1. The first-order valence-corrected chi connectivity index (χ1v) is 7.97. The van der Waals surface area contributed by atoms with Gasteiger partial charge in [-0.3, -0.25) is 0 Å². The van der Waals surface area contributed by atoms with E-state index < -0.39 is 10.0 Å². The molecule has 0 aromatic heterocycles. The van der Waals surface area contributed by atoms with Gasteiger partial charge in [-0.15, -0.1) is 12.4 Å². The summed E-state index contributed by atoms with van der Waals surface area (Å²) in [6, 6.07) is 9.34. The molecule has 0 spiro atoms. The van der Waals surface area contributed by atoms with Crippen LogP contribution >= 0.6 is 12.4 Å². The van der Waals surface area contributed by atoms with Crippen molar-refractivity contribution in [2.75, 3.05) is 13.1 Å². The molecule has 1 fully saturated rings. The summed E-state index contributed by atoms with van der Waals surface area (Å²) in [6.45, 7) is 3.82. The van der Waals surface area contributed by atoms with Gasteiger partial charge in [-0.1, -0.05) is 37.3 Å². The van der Waals surface area contributed by atoms with E-state index in [2.05, 4.69) is 17.0 Å². The number of hydrogen-bond donors (Lipinski definition) is 2. The van der Waals surface area contributed by atoms with Crippen LogP contribution in [0.1, 0.15) is 18.9 Å². The van der Waals surface area contributed by atoms with Crippen LogP contribution in [-0.2, 0) is 15.8 Å². The summed E-state index contributed by atoms with van der Waals surface area (Å²) in [4.78, 5) is 0. The molecule has 0 amide bonds. The predicted octanol–water partition coefficient (Wildman–Crippen LogP) is 1.53. The van der Waals surface area contributed by atoms with E-state index in [0.717, 1.165) is 25.1 Å². The molecule has 1 aromatic carbocycles. The zero-order chi connectivity index (χ0) is 13.0. The molecular weight excluding hydrogens is 284 g/mol. The fourth-order valence-corrected chi connectivity index (χ4v) is 3.78. The Morgan fingerprint density at radius 1 is 1.32 bits per heavy atom. The molecule has 19 heavy (non-hydrogen) atoms. The molecule has 2 N–H and O–H groups in total. The Morgan fingerprint density at radius 2 is 2.00 bits per heavy atom. The van der Waals surface area contributed by atoms with Crippen LogP contribution in [0.4, 0.5) is 0 Å². The van der Waals surface area contributed by atoms with Crippen LogP contribution in [-0.4, -0.2) is 27.5 Å². The monoisotopic (exact) mass is 304 g/mol. The maximum absolute atomic E-state index is 12.1. The van der Waals surface area contributed by atoms with Gasteiger partial charge in [0.1, 0.15) is 0 Å². The highest BCUT2D eigenvalue weighted by Gasteiger charge is 2.25. The SMILES string of the molecule is CC1CNCCC1NS(=O)(=O)Cc1ccccc1.Cl. The first kappa shape index (κ1) is 16.4. The maximum atomic E-state index is 12.1. The Bertz CT molecular complexity index is 479. The lowest BCUT2D eigenvalue weighted by molar-refractivity contribution is 0.328. The minimum absolute atomic E-state index is 0. The summed E-state index contributed by atoms with van der Waals surface area (Å²) in [5.74, 6) is 0.397. The molecule has 108 valence electrons. The van der Waals surface area contributed by atoms with Crippen LogP contribution in [0.15, 0.2) is 30.3 Å². The average Bonchev–Trinajstić information content (AvgIpc) is 2.32. The first-order chi connectivity index (χ1) is 8.57. The van der Waals surface area contributed by atoms with Crippen LogP contribution in [0.5, 0.6) is 0 Å². The zero-order valence-electron chi connectivity index (χ0n) is 11.0. The summed E-state index contributed by atoms with van der Waals surface area (Å²) >= 11 is 0. The quantitative estimate of drug-likeness (QED) is 0.887. The number of hydrogen-bond acceptors (Lipinski definition) is 3. The number of nitrogens with one attached hydrogen (secondary N) is 2. The van der Waals surface area contributed by atoms with E-state index in [1.807, 2.05) is 30.3 Å². The highest BCUT2D eigenvalue weighted by Crippen LogP contribution is 2.13. The Morgan fingerprint density at radius 3 is 2.63 bits per heavy atom.